The Balaban J connectivity index is 1.59. The SMILES string of the molecule is CC(CNC(=NCc1ccc([N+](=O)[O-])cc1)NCc1cccs1)N1CCOCC1. The van der Waals surface area contributed by atoms with Gasteiger partial charge in [0.2, 0.25) is 0 Å². The Morgan fingerprint density at radius 2 is 2.03 bits per heavy atom. The molecule has 1 unspecified atom stereocenters. The van der Waals surface area contributed by atoms with Gasteiger partial charge in [-0.1, -0.05) is 18.2 Å². The van der Waals surface area contributed by atoms with Gasteiger partial charge in [-0.05, 0) is 23.9 Å². The molecule has 156 valence electrons. The topological polar surface area (TPSA) is 92.0 Å². The Hall–Kier alpha value is -2.49. The zero-order valence-corrected chi connectivity index (χ0v) is 17.4. The predicted molar refractivity (Wildman–Crippen MR) is 115 cm³/mol. The standard InChI is InChI=1S/C20H27N5O3S/c1-16(24-8-10-28-11-9-24)13-21-20(23-15-19-3-2-12-29-19)22-14-17-4-6-18(7-5-17)25(26)27/h2-7,12,16H,8-11,13-15H2,1H3,(H2,21,22,23). The number of rotatable bonds is 8. The molecule has 0 bridgehead atoms. The molecule has 8 nitrogen and oxygen atoms in total. The summed E-state index contributed by atoms with van der Waals surface area (Å²) >= 11 is 1.70. The van der Waals surface area contributed by atoms with E-state index in [0.29, 0.717) is 19.1 Å². The minimum atomic E-state index is -0.393. The number of nitrogens with one attached hydrogen (secondary N) is 2. The van der Waals surface area contributed by atoms with Crippen molar-refractivity contribution >= 4 is 23.0 Å². The van der Waals surface area contributed by atoms with Gasteiger partial charge in [-0.25, -0.2) is 4.99 Å². The van der Waals surface area contributed by atoms with Crippen LogP contribution in [0.4, 0.5) is 5.69 Å². The van der Waals surface area contributed by atoms with E-state index in [4.69, 9.17) is 4.74 Å². The molecule has 2 N–H and O–H groups in total. The van der Waals surface area contributed by atoms with Gasteiger partial charge in [-0.15, -0.1) is 11.3 Å². The number of benzene rings is 1. The molecule has 1 atom stereocenters. The lowest BCUT2D eigenvalue weighted by Crippen LogP contribution is -2.49. The number of nitrogens with zero attached hydrogens (tertiary/aromatic N) is 3. The van der Waals surface area contributed by atoms with Crippen LogP contribution in [-0.4, -0.2) is 54.7 Å². The first-order valence-electron chi connectivity index (χ1n) is 9.71. The Morgan fingerprint density at radius 1 is 1.28 bits per heavy atom. The highest BCUT2D eigenvalue weighted by molar-refractivity contribution is 7.09. The molecule has 29 heavy (non-hydrogen) atoms. The van der Waals surface area contributed by atoms with Crippen LogP contribution in [0, 0.1) is 10.1 Å². The van der Waals surface area contributed by atoms with E-state index in [0.717, 1.165) is 44.4 Å². The van der Waals surface area contributed by atoms with Crippen LogP contribution in [0.25, 0.3) is 0 Å². The van der Waals surface area contributed by atoms with Gasteiger partial charge in [-0.3, -0.25) is 15.0 Å². The molecule has 1 fully saturated rings. The van der Waals surface area contributed by atoms with E-state index in [1.807, 2.05) is 6.07 Å². The first-order valence-corrected chi connectivity index (χ1v) is 10.6. The first kappa shape index (κ1) is 21.2. The summed E-state index contributed by atoms with van der Waals surface area (Å²) in [7, 11) is 0. The van der Waals surface area contributed by atoms with E-state index < -0.39 is 4.92 Å². The van der Waals surface area contributed by atoms with Gasteiger partial charge in [0.05, 0.1) is 31.2 Å². The van der Waals surface area contributed by atoms with E-state index >= 15 is 0 Å². The number of thiophene rings is 1. The van der Waals surface area contributed by atoms with Crippen molar-refractivity contribution in [3.63, 3.8) is 0 Å². The third-order valence-corrected chi connectivity index (χ3v) is 5.69. The highest BCUT2D eigenvalue weighted by atomic mass is 32.1. The van der Waals surface area contributed by atoms with E-state index in [-0.39, 0.29) is 5.69 Å². The van der Waals surface area contributed by atoms with Gasteiger partial charge in [0.1, 0.15) is 0 Å². The van der Waals surface area contributed by atoms with E-state index in [1.165, 1.54) is 17.0 Å². The molecular formula is C20H27N5O3S. The molecule has 1 aliphatic rings. The predicted octanol–water partition coefficient (Wildman–Crippen LogP) is 2.61. The van der Waals surface area contributed by atoms with Crippen molar-refractivity contribution < 1.29 is 9.66 Å². The number of nitro groups is 1. The maximum Gasteiger partial charge on any atom is 0.269 e. The molecule has 1 aromatic heterocycles. The van der Waals surface area contributed by atoms with Crippen LogP contribution >= 0.6 is 11.3 Å². The lowest BCUT2D eigenvalue weighted by molar-refractivity contribution is -0.384. The zero-order valence-electron chi connectivity index (χ0n) is 16.5. The first-order chi connectivity index (χ1) is 14.1. The lowest BCUT2D eigenvalue weighted by atomic mass is 10.2. The fourth-order valence-corrected chi connectivity index (χ4v) is 3.69. The maximum absolute atomic E-state index is 10.8. The largest absolute Gasteiger partial charge is 0.379 e. The van der Waals surface area contributed by atoms with Gasteiger partial charge in [0.25, 0.3) is 5.69 Å². The van der Waals surface area contributed by atoms with Crippen LogP contribution in [-0.2, 0) is 17.8 Å². The molecule has 0 radical (unpaired) electrons. The summed E-state index contributed by atoms with van der Waals surface area (Å²) in [5.74, 6) is 0.733. The van der Waals surface area contributed by atoms with Gasteiger partial charge >= 0.3 is 0 Å². The van der Waals surface area contributed by atoms with Gasteiger partial charge in [-0.2, -0.15) is 0 Å². The molecule has 3 rings (SSSR count). The van der Waals surface area contributed by atoms with Crippen LogP contribution in [0.5, 0.6) is 0 Å². The molecule has 0 saturated carbocycles. The summed E-state index contributed by atoms with van der Waals surface area (Å²) in [4.78, 5) is 18.7. The minimum absolute atomic E-state index is 0.0891. The monoisotopic (exact) mass is 417 g/mol. The van der Waals surface area contributed by atoms with Crippen molar-refractivity contribution in [3.05, 3.63) is 62.3 Å². The molecule has 1 saturated heterocycles. The number of non-ortho nitro benzene ring substituents is 1. The maximum atomic E-state index is 10.8. The van der Waals surface area contributed by atoms with Crippen LogP contribution < -0.4 is 10.6 Å². The van der Waals surface area contributed by atoms with Gasteiger partial charge in [0, 0.05) is 42.7 Å². The Bertz CT molecular complexity index is 789. The minimum Gasteiger partial charge on any atom is -0.379 e. The second-order valence-electron chi connectivity index (χ2n) is 6.90. The molecule has 0 amide bonds. The average Bonchev–Trinajstić information content (AvgIpc) is 3.27. The second kappa shape index (κ2) is 10.9. The summed E-state index contributed by atoms with van der Waals surface area (Å²) in [5, 5.41) is 19.7. The third kappa shape index (κ3) is 6.81. The highest BCUT2D eigenvalue weighted by Crippen LogP contribution is 2.12. The highest BCUT2D eigenvalue weighted by Gasteiger charge is 2.17. The molecule has 1 aromatic carbocycles. The Labute approximate surface area is 174 Å². The fraction of sp³-hybridized carbons (Fsp3) is 0.450. The Morgan fingerprint density at radius 3 is 2.69 bits per heavy atom. The molecule has 2 heterocycles. The summed E-state index contributed by atoms with van der Waals surface area (Å²) in [6.07, 6.45) is 0. The number of nitro benzene ring substituents is 1. The molecular weight excluding hydrogens is 390 g/mol. The van der Waals surface area contributed by atoms with Crippen molar-refractivity contribution in [1.82, 2.24) is 15.5 Å². The van der Waals surface area contributed by atoms with Crippen LogP contribution in [0.2, 0.25) is 0 Å². The van der Waals surface area contributed by atoms with Gasteiger partial charge in [0.15, 0.2) is 5.96 Å². The zero-order chi connectivity index (χ0) is 20.5. The van der Waals surface area contributed by atoms with Crippen molar-refractivity contribution in [3.8, 4) is 0 Å². The van der Waals surface area contributed by atoms with Crippen molar-refractivity contribution in [2.75, 3.05) is 32.8 Å². The van der Waals surface area contributed by atoms with E-state index in [1.54, 1.807) is 23.5 Å². The lowest BCUT2D eigenvalue weighted by Gasteiger charge is -2.32. The number of hydrogen-bond acceptors (Lipinski definition) is 6. The second-order valence-corrected chi connectivity index (χ2v) is 7.93. The molecule has 0 spiro atoms. The number of guanidine groups is 1. The summed E-state index contributed by atoms with van der Waals surface area (Å²) in [5.41, 5.74) is 1.01. The normalized spacial score (nSPS) is 16.4. The van der Waals surface area contributed by atoms with Crippen molar-refractivity contribution in [2.45, 2.75) is 26.1 Å². The number of ether oxygens (including phenoxy) is 1. The fourth-order valence-electron chi connectivity index (χ4n) is 3.04. The van der Waals surface area contributed by atoms with Crippen molar-refractivity contribution in [1.29, 1.82) is 0 Å². The van der Waals surface area contributed by atoms with Crippen molar-refractivity contribution in [2.24, 2.45) is 4.99 Å². The average molecular weight is 418 g/mol. The number of hydrogen-bond donors (Lipinski definition) is 2. The van der Waals surface area contributed by atoms with Crippen LogP contribution in [0.1, 0.15) is 17.4 Å². The van der Waals surface area contributed by atoms with Gasteiger partial charge < -0.3 is 15.4 Å². The molecule has 2 aromatic rings. The molecule has 1 aliphatic heterocycles. The Kier molecular flexibility index (Phi) is 7.97. The summed E-state index contributed by atoms with van der Waals surface area (Å²) in [6.45, 7) is 7.58. The summed E-state index contributed by atoms with van der Waals surface area (Å²) in [6, 6.07) is 11.0. The third-order valence-electron chi connectivity index (χ3n) is 4.81. The van der Waals surface area contributed by atoms with Crippen LogP contribution in [0.15, 0.2) is 46.8 Å². The smallest absolute Gasteiger partial charge is 0.269 e. The number of aliphatic imine (C=N–C) groups is 1. The number of morpholine rings is 1. The molecule has 9 heteroatoms. The quantitative estimate of drug-likeness (QED) is 0.297. The summed E-state index contributed by atoms with van der Waals surface area (Å²) < 4.78 is 5.43. The van der Waals surface area contributed by atoms with E-state index in [9.17, 15) is 10.1 Å². The van der Waals surface area contributed by atoms with E-state index in [2.05, 4.69) is 38.9 Å². The van der Waals surface area contributed by atoms with Crippen LogP contribution in [0.3, 0.4) is 0 Å². The molecule has 0 aliphatic carbocycles.